The van der Waals surface area contributed by atoms with Crippen LogP contribution in [0.15, 0.2) is 65.8 Å². The summed E-state index contributed by atoms with van der Waals surface area (Å²) in [6.45, 7) is 1.11. The van der Waals surface area contributed by atoms with Crippen molar-refractivity contribution in [2.24, 2.45) is 4.99 Å². The lowest BCUT2D eigenvalue weighted by Crippen LogP contribution is -2.37. The van der Waals surface area contributed by atoms with Gasteiger partial charge in [0.25, 0.3) is 0 Å². The molecule has 0 saturated heterocycles. The number of nitrogens with zero attached hydrogens (tertiary/aromatic N) is 2. The van der Waals surface area contributed by atoms with Crippen molar-refractivity contribution >= 4 is 5.96 Å². The number of guanidine groups is 1. The van der Waals surface area contributed by atoms with E-state index in [1.165, 1.54) is 12.1 Å². The predicted molar refractivity (Wildman–Crippen MR) is 122 cm³/mol. The van der Waals surface area contributed by atoms with Gasteiger partial charge in [0.15, 0.2) is 17.5 Å². The molecular formula is C24H27FN4O3. The minimum Gasteiger partial charge on any atom is -0.493 e. The Bertz CT molecular complexity index is 1060. The Balaban J connectivity index is 1.55. The average molecular weight is 439 g/mol. The molecule has 32 heavy (non-hydrogen) atoms. The third-order valence-electron chi connectivity index (χ3n) is 4.68. The lowest BCUT2D eigenvalue weighted by molar-refractivity contribution is 0.354. The number of nitrogens with one attached hydrogen (secondary N) is 2. The molecule has 3 aromatic rings. The average Bonchev–Trinajstić information content (AvgIpc) is 2.82. The van der Waals surface area contributed by atoms with Crippen molar-refractivity contribution in [2.75, 3.05) is 27.8 Å². The van der Waals surface area contributed by atoms with E-state index in [0.717, 1.165) is 17.5 Å². The van der Waals surface area contributed by atoms with Crippen molar-refractivity contribution in [1.82, 2.24) is 15.6 Å². The number of hydrogen-bond acceptors (Lipinski definition) is 5. The number of pyridine rings is 1. The van der Waals surface area contributed by atoms with E-state index in [-0.39, 0.29) is 5.82 Å². The fourth-order valence-corrected chi connectivity index (χ4v) is 3.05. The van der Waals surface area contributed by atoms with E-state index in [1.807, 2.05) is 30.3 Å². The van der Waals surface area contributed by atoms with Crippen molar-refractivity contribution in [3.63, 3.8) is 0 Å². The molecule has 1 heterocycles. The van der Waals surface area contributed by atoms with Crippen LogP contribution in [-0.4, -0.2) is 38.8 Å². The maximum atomic E-state index is 13.4. The van der Waals surface area contributed by atoms with E-state index in [0.29, 0.717) is 42.2 Å². The van der Waals surface area contributed by atoms with E-state index >= 15 is 0 Å². The van der Waals surface area contributed by atoms with Gasteiger partial charge in [-0.05, 0) is 42.3 Å². The highest BCUT2D eigenvalue weighted by Gasteiger charge is 2.09. The van der Waals surface area contributed by atoms with Gasteiger partial charge in [-0.2, -0.15) is 0 Å². The van der Waals surface area contributed by atoms with Gasteiger partial charge in [-0.25, -0.2) is 9.37 Å². The van der Waals surface area contributed by atoms with E-state index in [4.69, 9.17) is 14.2 Å². The molecule has 168 valence electrons. The fourth-order valence-electron chi connectivity index (χ4n) is 3.05. The first-order chi connectivity index (χ1) is 15.6. The summed E-state index contributed by atoms with van der Waals surface area (Å²) in [6, 6.07) is 15.5. The largest absolute Gasteiger partial charge is 0.493 e. The molecule has 0 spiro atoms. The van der Waals surface area contributed by atoms with Crippen LogP contribution in [0.4, 0.5) is 4.39 Å². The van der Waals surface area contributed by atoms with Crippen molar-refractivity contribution in [3.05, 3.63) is 77.7 Å². The van der Waals surface area contributed by atoms with Crippen LogP contribution in [0.3, 0.4) is 0 Å². The van der Waals surface area contributed by atoms with Gasteiger partial charge in [-0.1, -0.05) is 18.2 Å². The van der Waals surface area contributed by atoms with Gasteiger partial charge in [0.1, 0.15) is 11.6 Å². The Hall–Kier alpha value is -3.81. The molecule has 0 aliphatic carbocycles. The SMILES string of the molecule is CN=C(NCCc1ccc(OC)c(OC)c1)NCc1cccnc1Oc1cccc(F)c1. The second-order valence-corrected chi connectivity index (χ2v) is 6.82. The minimum absolute atomic E-state index is 0.364. The molecule has 8 heteroatoms. The van der Waals surface area contributed by atoms with Crippen molar-refractivity contribution in [3.8, 4) is 23.1 Å². The Labute approximate surface area is 187 Å². The Kier molecular flexibility index (Phi) is 8.25. The molecule has 0 aliphatic rings. The van der Waals surface area contributed by atoms with Crippen LogP contribution in [-0.2, 0) is 13.0 Å². The number of ether oxygens (including phenoxy) is 3. The fraction of sp³-hybridized carbons (Fsp3) is 0.250. The quantitative estimate of drug-likeness (QED) is 0.389. The number of hydrogen-bond donors (Lipinski definition) is 2. The first-order valence-corrected chi connectivity index (χ1v) is 10.2. The van der Waals surface area contributed by atoms with Crippen molar-refractivity contribution in [2.45, 2.75) is 13.0 Å². The smallest absolute Gasteiger partial charge is 0.224 e. The summed E-state index contributed by atoms with van der Waals surface area (Å²) in [6.07, 6.45) is 2.41. The topological polar surface area (TPSA) is 77.0 Å². The van der Waals surface area contributed by atoms with Gasteiger partial charge < -0.3 is 24.8 Å². The molecule has 0 saturated carbocycles. The zero-order valence-electron chi connectivity index (χ0n) is 18.4. The van der Waals surface area contributed by atoms with Crippen LogP contribution in [0, 0.1) is 5.82 Å². The molecule has 1 aromatic heterocycles. The molecule has 7 nitrogen and oxygen atoms in total. The Morgan fingerprint density at radius 3 is 2.59 bits per heavy atom. The second-order valence-electron chi connectivity index (χ2n) is 6.82. The summed E-state index contributed by atoms with van der Waals surface area (Å²) in [5, 5.41) is 6.54. The van der Waals surface area contributed by atoms with Gasteiger partial charge in [0.2, 0.25) is 5.88 Å². The van der Waals surface area contributed by atoms with Gasteiger partial charge in [-0.3, -0.25) is 4.99 Å². The van der Waals surface area contributed by atoms with Crippen LogP contribution >= 0.6 is 0 Å². The minimum atomic E-state index is -0.364. The summed E-state index contributed by atoms with van der Waals surface area (Å²) in [7, 11) is 4.95. The maximum Gasteiger partial charge on any atom is 0.224 e. The molecule has 0 radical (unpaired) electrons. The third kappa shape index (κ3) is 6.34. The van der Waals surface area contributed by atoms with Gasteiger partial charge >= 0.3 is 0 Å². The third-order valence-corrected chi connectivity index (χ3v) is 4.68. The van der Waals surface area contributed by atoms with E-state index in [9.17, 15) is 4.39 Å². The van der Waals surface area contributed by atoms with Crippen LogP contribution in [0.1, 0.15) is 11.1 Å². The van der Waals surface area contributed by atoms with Gasteiger partial charge in [-0.15, -0.1) is 0 Å². The molecule has 0 bridgehead atoms. The zero-order valence-corrected chi connectivity index (χ0v) is 18.4. The summed E-state index contributed by atoms with van der Waals surface area (Å²) < 4.78 is 29.8. The summed E-state index contributed by atoms with van der Waals surface area (Å²) in [5.74, 6) is 2.49. The number of aliphatic imine (C=N–C) groups is 1. The monoisotopic (exact) mass is 438 g/mol. The first kappa shape index (κ1) is 22.9. The molecular weight excluding hydrogens is 411 g/mol. The molecule has 2 aromatic carbocycles. The highest BCUT2D eigenvalue weighted by atomic mass is 19.1. The van der Waals surface area contributed by atoms with Gasteiger partial charge in [0, 0.05) is 38.0 Å². The Morgan fingerprint density at radius 2 is 1.84 bits per heavy atom. The van der Waals surface area contributed by atoms with Crippen molar-refractivity contribution < 1.29 is 18.6 Å². The van der Waals surface area contributed by atoms with Crippen molar-refractivity contribution in [1.29, 1.82) is 0 Å². The summed E-state index contributed by atoms with van der Waals surface area (Å²) in [4.78, 5) is 8.53. The number of methoxy groups -OCH3 is 2. The second kappa shape index (κ2) is 11.5. The number of rotatable bonds is 9. The van der Waals surface area contributed by atoms with E-state index < -0.39 is 0 Å². The summed E-state index contributed by atoms with van der Waals surface area (Å²) in [5.41, 5.74) is 1.93. The van der Waals surface area contributed by atoms with Gasteiger partial charge in [0.05, 0.1) is 14.2 Å². The predicted octanol–water partition coefficient (Wildman–Crippen LogP) is 3.94. The van der Waals surface area contributed by atoms with E-state index in [2.05, 4.69) is 20.6 Å². The highest BCUT2D eigenvalue weighted by molar-refractivity contribution is 5.79. The number of aromatic nitrogens is 1. The molecule has 0 aliphatic heterocycles. The molecule has 0 fully saturated rings. The lowest BCUT2D eigenvalue weighted by Gasteiger charge is -2.14. The standard InChI is InChI=1S/C24H27FN4O3/c1-26-24(28-13-11-17-9-10-21(30-2)22(14-17)31-3)29-16-18-6-5-12-27-23(18)32-20-8-4-7-19(25)15-20/h4-10,12,14-15H,11,13,16H2,1-3H3,(H2,26,28,29). The summed E-state index contributed by atoms with van der Waals surface area (Å²) >= 11 is 0. The lowest BCUT2D eigenvalue weighted by atomic mass is 10.1. The number of benzene rings is 2. The molecule has 0 unspecified atom stereocenters. The number of halogens is 1. The molecule has 3 rings (SSSR count). The highest BCUT2D eigenvalue weighted by Crippen LogP contribution is 2.27. The Morgan fingerprint density at radius 1 is 1.00 bits per heavy atom. The zero-order chi connectivity index (χ0) is 22.8. The normalized spacial score (nSPS) is 11.1. The molecule has 0 atom stereocenters. The molecule has 0 amide bonds. The van der Waals surface area contributed by atoms with Crippen LogP contribution in [0.5, 0.6) is 23.1 Å². The van der Waals surface area contributed by atoms with Crippen LogP contribution < -0.4 is 24.8 Å². The molecule has 2 N–H and O–H groups in total. The van der Waals surface area contributed by atoms with Crippen LogP contribution in [0.25, 0.3) is 0 Å². The maximum absolute atomic E-state index is 13.4. The first-order valence-electron chi connectivity index (χ1n) is 10.2. The van der Waals surface area contributed by atoms with Crippen LogP contribution in [0.2, 0.25) is 0 Å². The van der Waals surface area contributed by atoms with E-state index in [1.54, 1.807) is 39.6 Å².